The molecule has 1 heterocycles. The van der Waals surface area contributed by atoms with Gasteiger partial charge < -0.3 is 0 Å². The van der Waals surface area contributed by atoms with Crippen LogP contribution in [0.5, 0.6) is 0 Å². The zero-order chi connectivity index (χ0) is 23.7. The molecule has 35 heavy (non-hydrogen) atoms. The first-order chi connectivity index (χ1) is 17.0. The monoisotopic (exact) mass is 466 g/mol. The maximum Gasteiger partial charge on any atom is 0.0427 e. The molecule has 0 radical (unpaired) electrons. The van der Waals surface area contributed by atoms with Gasteiger partial charge in [-0.25, -0.2) is 0 Å². The largest absolute Gasteiger partial charge is 0.135 e. The summed E-state index contributed by atoms with van der Waals surface area (Å²) < 4.78 is 1.37. The molecule has 0 fully saturated rings. The quantitative estimate of drug-likeness (QED) is 0.238. The van der Waals surface area contributed by atoms with Gasteiger partial charge in [-0.05, 0) is 79.7 Å². The molecule has 0 saturated heterocycles. The van der Waals surface area contributed by atoms with E-state index in [1.807, 2.05) is 11.3 Å². The molecule has 168 valence electrons. The van der Waals surface area contributed by atoms with Crippen LogP contribution in [0.25, 0.3) is 53.6 Å². The van der Waals surface area contributed by atoms with E-state index in [-0.39, 0.29) is 5.41 Å². The number of fused-ring (bicyclic) bond motifs is 6. The minimum atomic E-state index is 0.0139. The van der Waals surface area contributed by atoms with Crippen LogP contribution in [0, 0.1) is 6.92 Å². The Kier molecular flexibility index (Phi) is 4.38. The Labute approximate surface area is 210 Å². The summed E-state index contributed by atoms with van der Waals surface area (Å²) in [6, 6.07) is 38.3. The zero-order valence-electron chi connectivity index (χ0n) is 20.2. The third-order valence-electron chi connectivity index (χ3n) is 7.90. The molecule has 0 unspecified atom stereocenters. The van der Waals surface area contributed by atoms with Crippen LogP contribution in [0.3, 0.4) is 0 Å². The Hall–Kier alpha value is -3.68. The van der Waals surface area contributed by atoms with Crippen molar-refractivity contribution in [3.8, 4) is 32.7 Å². The van der Waals surface area contributed by atoms with E-state index in [9.17, 15) is 0 Å². The molecule has 0 saturated carbocycles. The lowest BCUT2D eigenvalue weighted by Crippen LogP contribution is -2.14. The van der Waals surface area contributed by atoms with Gasteiger partial charge in [0.1, 0.15) is 0 Å². The first kappa shape index (κ1) is 20.7. The van der Waals surface area contributed by atoms with Crippen LogP contribution < -0.4 is 0 Å². The van der Waals surface area contributed by atoms with Crippen LogP contribution >= 0.6 is 11.3 Å². The van der Waals surface area contributed by atoms with E-state index in [1.54, 1.807) is 0 Å². The van der Waals surface area contributed by atoms with Crippen LogP contribution in [0.4, 0.5) is 0 Å². The maximum atomic E-state index is 2.43. The van der Waals surface area contributed by atoms with Gasteiger partial charge >= 0.3 is 0 Å². The lowest BCUT2D eigenvalue weighted by Gasteiger charge is -2.22. The van der Waals surface area contributed by atoms with Crippen LogP contribution in [0.2, 0.25) is 0 Å². The molecule has 1 heteroatoms. The van der Waals surface area contributed by atoms with Crippen LogP contribution in [0.15, 0.2) is 103 Å². The lowest BCUT2D eigenvalue weighted by molar-refractivity contribution is 0.660. The van der Waals surface area contributed by atoms with E-state index in [4.69, 9.17) is 0 Å². The number of rotatable bonds is 2. The van der Waals surface area contributed by atoms with Gasteiger partial charge in [-0.2, -0.15) is 0 Å². The first-order valence-corrected chi connectivity index (χ1v) is 13.1. The molecule has 0 amide bonds. The van der Waals surface area contributed by atoms with Crippen molar-refractivity contribution in [3.63, 3.8) is 0 Å². The van der Waals surface area contributed by atoms with Gasteiger partial charge in [-0.1, -0.05) is 105 Å². The van der Waals surface area contributed by atoms with Crippen molar-refractivity contribution < 1.29 is 0 Å². The summed E-state index contributed by atoms with van der Waals surface area (Å²) in [4.78, 5) is 1.34. The smallest absolute Gasteiger partial charge is 0.0427 e. The van der Waals surface area contributed by atoms with Gasteiger partial charge in [0.05, 0.1) is 0 Å². The number of benzene rings is 5. The van der Waals surface area contributed by atoms with Crippen LogP contribution in [-0.2, 0) is 5.41 Å². The predicted molar refractivity (Wildman–Crippen MR) is 153 cm³/mol. The second kappa shape index (κ2) is 7.41. The Morgan fingerprint density at radius 3 is 2.20 bits per heavy atom. The van der Waals surface area contributed by atoms with Gasteiger partial charge in [0, 0.05) is 15.0 Å². The van der Waals surface area contributed by atoms with E-state index >= 15 is 0 Å². The molecule has 0 nitrogen and oxygen atoms in total. The van der Waals surface area contributed by atoms with Crippen molar-refractivity contribution in [2.75, 3.05) is 0 Å². The van der Waals surface area contributed by atoms with Gasteiger partial charge in [0.25, 0.3) is 0 Å². The molecule has 0 bridgehead atoms. The highest BCUT2D eigenvalue weighted by molar-refractivity contribution is 7.23. The Morgan fingerprint density at radius 1 is 0.571 bits per heavy atom. The van der Waals surface area contributed by atoms with Gasteiger partial charge in [0.2, 0.25) is 0 Å². The number of hydrogen-bond donors (Lipinski definition) is 0. The standard InChI is InChI=1S/C34H26S/c1-21-25(23-17-18-29-28-11-6-7-14-30(28)34(2,3)31(29)19-23)12-8-13-26(21)32-20-24-16-15-22-9-4-5-10-27(22)33(24)35-32/h4-20H,1-3H3. The molecule has 6 aromatic rings. The molecule has 1 aliphatic carbocycles. The topological polar surface area (TPSA) is 0 Å². The summed E-state index contributed by atoms with van der Waals surface area (Å²) in [5.74, 6) is 0. The molecular weight excluding hydrogens is 440 g/mol. The molecule has 0 spiro atoms. The molecule has 1 aliphatic rings. The summed E-state index contributed by atoms with van der Waals surface area (Å²) in [5.41, 5.74) is 10.9. The molecule has 0 atom stereocenters. The second-order valence-corrected chi connectivity index (χ2v) is 11.3. The number of hydrogen-bond acceptors (Lipinski definition) is 1. The normalized spacial score (nSPS) is 13.8. The third-order valence-corrected chi connectivity index (χ3v) is 9.12. The van der Waals surface area contributed by atoms with Gasteiger partial charge in [-0.15, -0.1) is 11.3 Å². The van der Waals surface area contributed by atoms with Crippen LogP contribution in [-0.4, -0.2) is 0 Å². The van der Waals surface area contributed by atoms with Crippen molar-refractivity contribution in [2.24, 2.45) is 0 Å². The molecule has 0 N–H and O–H groups in total. The van der Waals surface area contributed by atoms with E-state index in [0.29, 0.717) is 0 Å². The van der Waals surface area contributed by atoms with Crippen molar-refractivity contribution in [3.05, 3.63) is 120 Å². The minimum Gasteiger partial charge on any atom is -0.135 e. The average Bonchev–Trinajstić information content (AvgIpc) is 3.42. The number of thiophene rings is 1. The Balaban J connectivity index is 1.37. The van der Waals surface area contributed by atoms with Crippen molar-refractivity contribution in [1.29, 1.82) is 0 Å². The first-order valence-electron chi connectivity index (χ1n) is 12.3. The molecule has 0 aliphatic heterocycles. The summed E-state index contributed by atoms with van der Waals surface area (Å²) in [5, 5.41) is 3.97. The van der Waals surface area contributed by atoms with E-state index in [2.05, 4.69) is 124 Å². The zero-order valence-corrected chi connectivity index (χ0v) is 21.0. The Bertz CT molecular complexity index is 1780. The fraction of sp³-hybridized carbons (Fsp3) is 0.118. The summed E-state index contributed by atoms with van der Waals surface area (Å²) in [6.07, 6.45) is 0. The van der Waals surface area contributed by atoms with E-state index < -0.39 is 0 Å². The summed E-state index contributed by atoms with van der Waals surface area (Å²) in [7, 11) is 0. The fourth-order valence-electron chi connectivity index (χ4n) is 5.99. The molecule has 7 rings (SSSR count). The van der Waals surface area contributed by atoms with Crippen molar-refractivity contribution in [1.82, 2.24) is 0 Å². The average molecular weight is 467 g/mol. The minimum absolute atomic E-state index is 0.0139. The molecule has 1 aromatic heterocycles. The molecule has 5 aromatic carbocycles. The highest BCUT2D eigenvalue weighted by Crippen LogP contribution is 2.50. The van der Waals surface area contributed by atoms with Gasteiger partial charge in [0.15, 0.2) is 0 Å². The third kappa shape index (κ3) is 2.98. The Morgan fingerprint density at radius 2 is 1.29 bits per heavy atom. The predicted octanol–water partition coefficient (Wildman–Crippen LogP) is 10.0. The maximum absolute atomic E-state index is 2.43. The van der Waals surface area contributed by atoms with Crippen LogP contribution in [0.1, 0.15) is 30.5 Å². The summed E-state index contributed by atoms with van der Waals surface area (Å²) in [6.45, 7) is 6.98. The highest BCUT2D eigenvalue weighted by Gasteiger charge is 2.35. The highest BCUT2D eigenvalue weighted by atomic mass is 32.1. The van der Waals surface area contributed by atoms with E-state index in [1.165, 1.54) is 70.2 Å². The lowest BCUT2D eigenvalue weighted by atomic mass is 9.81. The SMILES string of the molecule is Cc1c(-c2ccc3c(c2)C(C)(C)c2ccccc2-3)cccc1-c1cc2ccc3ccccc3c2s1. The van der Waals surface area contributed by atoms with Gasteiger partial charge in [-0.3, -0.25) is 0 Å². The van der Waals surface area contributed by atoms with Crippen molar-refractivity contribution >= 4 is 32.2 Å². The van der Waals surface area contributed by atoms with Crippen molar-refractivity contribution in [2.45, 2.75) is 26.2 Å². The molecular formula is C34H26S. The van der Waals surface area contributed by atoms with E-state index in [0.717, 1.165) is 0 Å². The summed E-state index contributed by atoms with van der Waals surface area (Å²) >= 11 is 1.91. The second-order valence-electron chi connectivity index (χ2n) is 10.2. The fourth-order valence-corrected chi connectivity index (χ4v) is 7.27.